The van der Waals surface area contributed by atoms with Crippen molar-refractivity contribution >= 4 is 17.7 Å². The number of nitrogens with one attached hydrogen (secondary N) is 2. The molecule has 5 atom stereocenters. The summed E-state index contributed by atoms with van der Waals surface area (Å²) < 4.78 is 5.18. The SMILES string of the molecule is CC[C@H](N)C(=O)NC1C(=O)N2C(CCC1CCN)CC[C@H]2C(=O)NCCc1ccc(OC)cc1. The van der Waals surface area contributed by atoms with Gasteiger partial charge in [0.15, 0.2) is 0 Å². The van der Waals surface area contributed by atoms with E-state index in [1.807, 2.05) is 31.2 Å². The monoisotopic (exact) mass is 473 g/mol. The van der Waals surface area contributed by atoms with E-state index in [9.17, 15) is 14.4 Å². The highest BCUT2D eigenvalue weighted by Crippen LogP contribution is 2.35. The highest BCUT2D eigenvalue weighted by atomic mass is 16.5. The number of hydrogen-bond donors (Lipinski definition) is 4. The number of carbonyl (C=O) groups is 3. The number of hydrogen-bond acceptors (Lipinski definition) is 6. The van der Waals surface area contributed by atoms with Gasteiger partial charge in [0, 0.05) is 12.6 Å². The van der Waals surface area contributed by atoms with E-state index in [1.165, 1.54) is 0 Å². The van der Waals surface area contributed by atoms with Crippen LogP contribution in [0.25, 0.3) is 0 Å². The van der Waals surface area contributed by atoms with Crippen molar-refractivity contribution in [3.05, 3.63) is 29.8 Å². The van der Waals surface area contributed by atoms with Crippen molar-refractivity contribution < 1.29 is 19.1 Å². The molecule has 3 rings (SSSR count). The Morgan fingerprint density at radius 1 is 1.18 bits per heavy atom. The molecular weight excluding hydrogens is 434 g/mol. The second-order valence-electron chi connectivity index (χ2n) is 9.30. The minimum absolute atomic E-state index is 0.00635. The number of nitrogens with zero attached hydrogens (tertiary/aromatic N) is 1. The van der Waals surface area contributed by atoms with Gasteiger partial charge in [-0.2, -0.15) is 0 Å². The van der Waals surface area contributed by atoms with E-state index >= 15 is 0 Å². The highest BCUT2D eigenvalue weighted by Gasteiger charge is 2.47. The minimum atomic E-state index is -0.702. The Morgan fingerprint density at radius 2 is 1.88 bits per heavy atom. The van der Waals surface area contributed by atoms with Gasteiger partial charge in [-0.15, -0.1) is 0 Å². The van der Waals surface area contributed by atoms with Gasteiger partial charge in [-0.05, 0) is 75.1 Å². The van der Waals surface area contributed by atoms with Crippen LogP contribution in [0.4, 0.5) is 0 Å². The number of methoxy groups -OCH3 is 1. The maximum absolute atomic E-state index is 13.7. The Bertz CT molecular complexity index is 846. The maximum atomic E-state index is 13.7. The molecule has 0 saturated carbocycles. The molecule has 3 amide bonds. The lowest BCUT2D eigenvalue weighted by Crippen LogP contribution is -2.58. The fraction of sp³-hybridized carbons (Fsp3) is 0.640. The number of amides is 3. The smallest absolute Gasteiger partial charge is 0.246 e. The molecular formula is C25H39N5O4. The molecule has 6 N–H and O–H groups in total. The van der Waals surface area contributed by atoms with Gasteiger partial charge < -0.3 is 31.7 Å². The second-order valence-corrected chi connectivity index (χ2v) is 9.30. The minimum Gasteiger partial charge on any atom is -0.497 e. The van der Waals surface area contributed by atoms with Gasteiger partial charge in [0.1, 0.15) is 17.8 Å². The molecule has 9 nitrogen and oxygen atoms in total. The van der Waals surface area contributed by atoms with Crippen LogP contribution in [0.2, 0.25) is 0 Å². The molecule has 3 unspecified atom stereocenters. The van der Waals surface area contributed by atoms with E-state index in [1.54, 1.807) is 12.0 Å². The Hall–Kier alpha value is -2.65. The average Bonchev–Trinajstić information content (AvgIpc) is 3.23. The van der Waals surface area contributed by atoms with Crippen molar-refractivity contribution in [2.75, 3.05) is 20.2 Å². The summed E-state index contributed by atoms with van der Waals surface area (Å²) in [7, 11) is 1.63. The van der Waals surface area contributed by atoms with Crippen molar-refractivity contribution in [1.82, 2.24) is 15.5 Å². The molecule has 9 heteroatoms. The molecule has 0 radical (unpaired) electrons. The summed E-state index contributed by atoms with van der Waals surface area (Å²) in [5.41, 5.74) is 12.8. The zero-order valence-corrected chi connectivity index (χ0v) is 20.3. The highest BCUT2D eigenvalue weighted by molar-refractivity contribution is 5.94. The quantitative estimate of drug-likeness (QED) is 0.394. The van der Waals surface area contributed by atoms with Crippen LogP contribution in [0.5, 0.6) is 5.75 Å². The van der Waals surface area contributed by atoms with E-state index in [4.69, 9.17) is 16.2 Å². The third kappa shape index (κ3) is 6.07. The van der Waals surface area contributed by atoms with E-state index in [0.29, 0.717) is 38.8 Å². The van der Waals surface area contributed by atoms with Gasteiger partial charge in [-0.1, -0.05) is 19.1 Å². The average molecular weight is 474 g/mol. The van der Waals surface area contributed by atoms with Crippen molar-refractivity contribution in [3.8, 4) is 5.75 Å². The maximum Gasteiger partial charge on any atom is 0.246 e. The summed E-state index contributed by atoms with van der Waals surface area (Å²) in [6.07, 6.45) is 4.80. The first-order chi connectivity index (χ1) is 16.4. The lowest BCUT2D eigenvalue weighted by Gasteiger charge is -2.32. The largest absolute Gasteiger partial charge is 0.497 e. The van der Waals surface area contributed by atoms with Gasteiger partial charge >= 0.3 is 0 Å². The molecule has 2 fully saturated rings. The van der Waals surface area contributed by atoms with Crippen LogP contribution < -0.4 is 26.8 Å². The van der Waals surface area contributed by atoms with Crippen molar-refractivity contribution in [2.45, 2.75) is 76.0 Å². The van der Waals surface area contributed by atoms with Crippen molar-refractivity contribution in [1.29, 1.82) is 0 Å². The van der Waals surface area contributed by atoms with Crippen LogP contribution in [0.1, 0.15) is 51.0 Å². The van der Waals surface area contributed by atoms with Crippen LogP contribution in [0.15, 0.2) is 24.3 Å². The van der Waals surface area contributed by atoms with Gasteiger partial charge in [-0.25, -0.2) is 0 Å². The Morgan fingerprint density at radius 3 is 2.53 bits per heavy atom. The molecule has 0 bridgehead atoms. The molecule has 2 aliphatic heterocycles. The Kier molecular flexibility index (Phi) is 9.29. The fourth-order valence-corrected chi connectivity index (χ4v) is 5.08. The third-order valence-corrected chi connectivity index (χ3v) is 7.15. The molecule has 0 spiro atoms. The fourth-order valence-electron chi connectivity index (χ4n) is 5.08. The molecule has 2 saturated heterocycles. The molecule has 0 aromatic heterocycles. The number of carbonyl (C=O) groups excluding carboxylic acids is 3. The lowest BCUT2D eigenvalue weighted by molar-refractivity contribution is -0.143. The Balaban J connectivity index is 1.67. The van der Waals surface area contributed by atoms with Crippen LogP contribution in [0, 0.1) is 5.92 Å². The number of nitrogens with two attached hydrogens (primary N) is 2. The number of benzene rings is 1. The van der Waals surface area contributed by atoms with Gasteiger partial charge in [-0.3, -0.25) is 14.4 Å². The van der Waals surface area contributed by atoms with Gasteiger partial charge in [0.25, 0.3) is 0 Å². The third-order valence-electron chi connectivity index (χ3n) is 7.15. The van der Waals surface area contributed by atoms with Gasteiger partial charge in [0.05, 0.1) is 13.2 Å². The predicted molar refractivity (Wildman–Crippen MR) is 130 cm³/mol. The van der Waals surface area contributed by atoms with Crippen molar-refractivity contribution in [2.24, 2.45) is 17.4 Å². The summed E-state index contributed by atoms with van der Waals surface area (Å²) in [5, 5.41) is 5.89. The zero-order valence-electron chi connectivity index (χ0n) is 20.3. The summed E-state index contributed by atoms with van der Waals surface area (Å²) >= 11 is 0. The summed E-state index contributed by atoms with van der Waals surface area (Å²) in [4.78, 5) is 41.0. The van der Waals surface area contributed by atoms with Crippen molar-refractivity contribution in [3.63, 3.8) is 0 Å². The summed E-state index contributed by atoms with van der Waals surface area (Å²) in [5.74, 6) is 0.0669. The molecule has 1 aromatic rings. The first-order valence-electron chi connectivity index (χ1n) is 12.4. The molecule has 1 aromatic carbocycles. The van der Waals surface area contributed by atoms with Gasteiger partial charge in [0.2, 0.25) is 17.7 Å². The van der Waals surface area contributed by atoms with Crippen LogP contribution in [-0.2, 0) is 20.8 Å². The molecule has 34 heavy (non-hydrogen) atoms. The lowest BCUT2D eigenvalue weighted by atomic mass is 9.90. The normalized spacial score (nSPS) is 25.3. The number of ether oxygens (including phenoxy) is 1. The second kappa shape index (κ2) is 12.2. The first kappa shape index (κ1) is 26.0. The Labute approximate surface area is 201 Å². The summed E-state index contributed by atoms with van der Waals surface area (Å²) in [6, 6.07) is 5.85. The molecule has 188 valence electrons. The topological polar surface area (TPSA) is 140 Å². The molecule has 2 heterocycles. The first-order valence-corrected chi connectivity index (χ1v) is 12.4. The van der Waals surface area contributed by atoms with Crippen LogP contribution in [0.3, 0.4) is 0 Å². The van der Waals surface area contributed by atoms with E-state index < -0.39 is 18.1 Å². The standard InChI is InChI=1S/C25H39N5O4/c1-3-20(27)23(31)29-22-17(12-14-26)6-7-18-8-11-21(30(18)25(22)33)24(32)28-15-13-16-4-9-19(34-2)10-5-16/h4-5,9-10,17-18,20-22H,3,6-8,11-15,26-27H2,1-2H3,(H,28,32)(H,29,31)/t17?,18?,20-,21-,22?/m0/s1. The number of fused-ring (bicyclic) bond motifs is 1. The van der Waals surface area contributed by atoms with E-state index in [-0.39, 0.29) is 29.7 Å². The zero-order chi connectivity index (χ0) is 24.7. The molecule has 0 aliphatic carbocycles. The predicted octanol–water partition coefficient (Wildman–Crippen LogP) is 0.694. The van der Waals surface area contributed by atoms with Crippen LogP contribution >= 0.6 is 0 Å². The molecule has 2 aliphatic rings. The van der Waals surface area contributed by atoms with E-state index in [0.717, 1.165) is 30.6 Å². The van der Waals surface area contributed by atoms with E-state index in [2.05, 4.69) is 10.6 Å². The number of rotatable bonds is 10. The van der Waals surface area contributed by atoms with Crippen LogP contribution in [-0.4, -0.2) is 67.0 Å². The summed E-state index contributed by atoms with van der Waals surface area (Å²) in [6.45, 7) is 2.75.